The molecule has 1 aliphatic heterocycles. The van der Waals surface area contributed by atoms with Gasteiger partial charge in [0, 0.05) is 18.8 Å². The number of nitrogens with one attached hydrogen (secondary N) is 1. The van der Waals surface area contributed by atoms with E-state index in [4.69, 9.17) is 0 Å². The minimum atomic E-state index is -0.328. The van der Waals surface area contributed by atoms with Crippen LogP contribution in [0.5, 0.6) is 0 Å². The molecule has 2 aromatic carbocycles. The second kappa shape index (κ2) is 6.80. The van der Waals surface area contributed by atoms with Crippen LogP contribution in [0.15, 0.2) is 42.5 Å². The van der Waals surface area contributed by atoms with Gasteiger partial charge in [0.05, 0.1) is 16.6 Å². The molecule has 6 heteroatoms. The Balaban J connectivity index is 1.48. The summed E-state index contributed by atoms with van der Waals surface area (Å²) in [6.45, 7) is 2.13. The first-order valence-corrected chi connectivity index (χ1v) is 9.19. The topological polar surface area (TPSA) is 45.2 Å². The van der Waals surface area contributed by atoms with E-state index in [2.05, 4.69) is 15.2 Å². The van der Waals surface area contributed by atoms with Crippen LogP contribution in [0.1, 0.15) is 18.4 Å². The van der Waals surface area contributed by atoms with Gasteiger partial charge in [0.2, 0.25) is 5.91 Å². The number of amides is 1. The van der Waals surface area contributed by atoms with Crippen molar-refractivity contribution in [2.45, 2.75) is 19.3 Å². The lowest BCUT2D eigenvalue weighted by Gasteiger charge is -2.11. The highest BCUT2D eigenvalue weighted by Crippen LogP contribution is 2.32. The summed E-state index contributed by atoms with van der Waals surface area (Å²) in [6.07, 6.45) is 2.59. The molecule has 3 aromatic rings. The van der Waals surface area contributed by atoms with Gasteiger partial charge < -0.3 is 10.2 Å². The van der Waals surface area contributed by atoms with E-state index in [9.17, 15) is 9.18 Å². The SMILES string of the molecule is O=C(Cc1cccc(F)c1)Nc1ccc2nc(N3CCCC3)sc2c1. The minimum Gasteiger partial charge on any atom is -0.348 e. The fraction of sp³-hybridized carbons (Fsp3) is 0.263. The Bertz CT molecular complexity index is 918. The van der Waals surface area contributed by atoms with Crippen molar-refractivity contribution >= 4 is 38.3 Å². The molecule has 4 rings (SSSR count). The van der Waals surface area contributed by atoms with Crippen LogP contribution >= 0.6 is 11.3 Å². The molecule has 0 unspecified atom stereocenters. The number of hydrogen-bond donors (Lipinski definition) is 1. The van der Waals surface area contributed by atoms with Crippen LogP contribution in [0.3, 0.4) is 0 Å². The van der Waals surface area contributed by atoms with Gasteiger partial charge in [0.25, 0.3) is 0 Å². The quantitative estimate of drug-likeness (QED) is 0.762. The summed E-state index contributed by atoms with van der Waals surface area (Å²) >= 11 is 1.66. The molecule has 128 valence electrons. The van der Waals surface area contributed by atoms with Crippen LogP contribution in [0.2, 0.25) is 0 Å². The monoisotopic (exact) mass is 355 g/mol. The average Bonchev–Trinajstić information content (AvgIpc) is 3.23. The number of hydrogen-bond acceptors (Lipinski definition) is 4. The third kappa shape index (κ3) is 3.64. The number of thiazole rings is 1. The molecule has 2 heterocycles. The van der Waals surface area contributed by atoms with E-state index in [1.807, 2.05) is 18.2 Å². The van der Waals surface area contributed by atoms with Gasteiger partial charge in [-0.2, -0.15) is 0 Å². The number of anilines is 2. The normalized spacial score (nSPS) is 14.2. The Labute approximate surface area is 149 Å². The van der Waals surface area contributed by atoms with Crippen LogP contribution in [-0.4, -0.2) is 24.0 Å². The predicted octanol–water partition coefficient (Wildman–Crippen LogP) is 4.22. The van der Waals surface area contributed by atoms with Crippen LogP contribution in [0.25, 0.3) is 10.2 Å². The van der Waals surface area contributed by atoms with Crippen molar-refractivity contribution in [2.24, 2.45) is 0 Å². The number of carbonyl (C=O) groups excluding carboxylic acids is 1. The standard InChI is InChI=1S/C19H18FN3OS/c20-14-5-3-4-13(10-14)11-18(24)21-15-6-7-16-17(12-15)25-19(22-16)23-8-1-2-9-23/h3-7,10,12H,1-2,8-9,11H2,(H,21,24). The van der Waals surface area contributed by atoms with Gasteiger partial charge in [0.15, 0.2) is 5.13 Å². The number of rotatable bonds is 4. The summed E-state index contributed by atoms with van der Waals surface area (Å²) in [4.78, 5) is 19.2. The number of halogens is 1. The Hall–Kier alpha value is -2.47. The maximum absolute atomic E-state index is 13.2. The molecule has 1 fully saturated rings. The zero-order valence-electron chi connectivity index (χ0n) is 13.7. The minimum absolute atomic E-state index is 0.150. The molecule has 1 amide bonds. The summed E-state index contributed by atoms with van der Waals surface area (Å²) in [5.74, 6) is -0.486. The summed E-state index contributed by atoms with van der Waals surface area (Å²) in [7, 11) is 0. The number of carbonyl (C=O) groups is 1. The van der Waals surface area contributed by atoms with Gasteiger partial charge in [-0.25, -0.2) is 9.37 Å². The molecule has 1 aromatic heterocycles. The maximum atomic E-state index is 13.2. The Morgan fingerprint density at radius 1 is 1.20 bits per heavy atom. The molecule has 1 N–H and O–H groups in total. The third-order valence-electron chi connectivity index (χ3n) is 4.29. The Morgan fingerprint density at radius 2 is 2.04 bits per heavy atom. The highest BCUT2D eigenvalue weighted by Gasteiger charge is 2.16. The van der Waals surface area contributed by atoms with Gasteiger partial charge in [-0.05, 0) is 48.7 Å². The molecule has 0 spiro atoms. The van der Waals surface area contributed by atoms with Gasteiger partial charge in [0.1, 0.15) is 5.82 Å². The van der Waals surface area contributed by atoms with Crippen molar-refractivity contribution in [1.82, 2.24) is 4.98 Å². The highest BCUT2D eigenvalue weighted by atomic mass is 32.1. The van der Waals surface area contributed by atoms with Crippen LogP contribution in [-0.2, 0) is 11.2 Å². The highest BCUT2D eigenvalue weighted by molar-refractivity contribution is 7.22. The van der Waals surface area contributed by atoms with Crippen LogP contribution in [0, 0.1) is 5.82 Å². The van der Waals surface area contributed by atoms with Gasteiger partial charge in [-0.3, -0.25) is 4.79 Å². The Kier molecular flexibility index (Phi) is 4.36. The Morgan fingerprint density at radius 3 is 2.84 bits per heavy atom. The lowest BCUT2D eigenvalue weighted by atomic mass is 10.1. The zero-order chi connectivity index (χ0) is 17.2. The zero-order valence-corrected chi connectivity index (χ0v) is 14.5. The van der Waals surface area contributed by atoms with E-state index in [-0.39, 0.29) is 18.1 Å². The van der Waals surface area contributed by atoms with Gasteiger partial charge in [-0.1, -0.05) is 23.5 Å². The first-order valence-electron chi connectivity index (χ1n) is 8.37. The lowest BCUT2D eigenvalue weighted by Crippen LogP contribution is -2.16. The molecule has 0 bridgehead atoms. The number of aromatic nitrogens is 1. The van der Waals surface area contributed by atoms with Gasteiger partial charge >= 0.3 is 0 Å². The van der Waals surface area contributed by atoms with Crippen molar-refractivity contribution < 1.29 is 9.18 Å². The lowest BCUT2D eigenvalue weighted by molar-refractivity contribution is -0.115. The molecular weight excluding hydrogens is 337 g/mol. The van der Waals surface area contributed by atoms with Crippen molar-refractivity contribution in [3.8, 4) is 0 Å². The second-order valence-corrected chi connectivity index (χ2v) is 7.24. The molecular formula is C19H18FN3OS. The van der Waals surface area contributed by atoms with E-state index in [1.165, 1.54) is 25.0 Å². The molecule has 0 radical (unpaired) electrons. The molecule has 0 aliphatic carbocycles. The molecule has 0 saturated carbocycles. The van der Waals surface area contributed by atoms with E-state index >= 15 is 0 Å². The largest absolute Gasteiger partial charge is 0.348 e. The first-order chi connectivity index (χ1) is 12.2. The molecule has 25 heavy (non-hydrogen) atoms. The summed E-state index contributed by atoms with van der Waals surface area (Å²) < 4.78 is 14.3. The number of fused-ring (bicyclic) bond motifs is 1. The molecule has 0 atom stereocenters. The fourth-order valence-electron chi connectivity index (χ4n) is 3.07. The second-order valence-electron chi connectivity index (χ2n) is 6.23. The van der Waals surface area contributed by atoms with Crippen molar-refractivity contribution in [1.29, 1.82) is 0 Å². The van der Waals surface area contributed by atoms with Crippen molar-refractivity contribution in [2.75, 3.05) is 23.3 Å². The smallest absolute Gasteiger partial charge is 0.228 e. The maximum Gasteiger partial charge on any atom is 0.228 e. The first kappa shape index (κ1) is 16.0. The van der Waals surface area contributed by atoms with Gasteiger partial charge in [-0.15, -0.1) is 0 Å². The van der Waals surface area contributed by atoms with Crippen molar-refractivity contribution in [3.05, 3.63) is 53.8 Å². The predicted molar refractivity (Wildman–Crippen MR) is 99.8 cm³/mol. The molecule has 4 nitrogen and oxygen atoms in total. The third-order valence-corrected chi connectivity index (χ3v) is 5.37. The van der Waals surface area contributed by atoms with E-state index in [0.717, 1.165) is 34.1 Å². The molecule has 1 saturated heterocycles. The summed E-state index contributed by atoms with van der Waals surface area (Å²) in [5.41, 5.74) is 2.35. The number of benzene rings is 2. The summed E-state index contributed by atoms with van der Waals surface area (Å²) in [5, 5.41) is 3.94. The molecule has 1 aliphatic rings. The van der Waals surface area contributed by atoms with Crippen LogP contribution < -0.4 is 10.2 Å². The number of nitrogens with zero attached hydrogens (tertiary/aromatic N) is 2. The summed E-state index contributed by atoms with van der Waals surface area (Å²) in [6, 6.07) is 11.9. The van der Waals surface area contributed by atoms with E-state index < -0.39 is 0 Å². The van der Waals surface area contributed by atoms with Crippen molar-refractivity contribution in [3.63, 3.8) is 0 Å². The van der Waals surface area contributed by atoms with E-state index in [0.29, 0.717) is 5.56 Å². The fourth-order valence-corrected chi connectivity index (χ4v) is 4.13. The van der Waals surface area contributed by atoms with Crippen LogP contribution in [0.4, 0.5) is 15.2 Å². The van der Waals surface area contributed by atoms with E-state index in [1.54, 1.807) is 23.5 Å². The average molecular weight is 355 g/mol.